The number of rotatable bonds is 5. The first kappa shape index (κ1) is 15.6. The Morgan fingerprint density at radius 3 is 2.91 bits per heavy atom. The van der Waals surface area contributed by atoms with Gasteiger partial charge in [0, 0.05) is 28.7 Å². The molecule has 0 saturated heterocycles. The van der Waals surface area contributed by atoms with Gasteiger partial charge in [-0.15, -0.1) is 0 Å². The average Bonchev–Trinajstić information content (AvgIpc) is 2.89. The highest BCUT2D eigenvalue weighted by molar-refractivity contribution is 6.30. The summed E-state index contributed by atoms with van der Waals surface area (Å²) in [5, 5.41) is 4.50. The maximum Gasteiger partial charge on any atom is 0.224 e. The molecule has 0 saturated carbocycles. The maximum atomic E-state index is 13.2. The molecule has 2 N–H and O–H groups in total. The number of aromatic amines is 1. The number of carbonyl (C=O) groups is 1. The van der Waals surface area contributed by atoms with Gasteiger partial charge >= 0.3 is 0 Å². The van der Waals surface area contributed by atoms with Gasteiger partial charge in [0.1, 0.15) is 5.82 Å². The van der Waals surface area contributed by atoms with E-state index in [1.165, 1.54) is 12.1 Å². The Balaban J connectivity index is 1.55. The summed E-state index contributed by atoms with van der Waals surface area (Å²) in [5.41, 5.74) is 2.71. The fraction of sp³-hybridized carbons (Fsp3) is 0.167. The van der Waals surface area contributed by atoms with Gasteiger partial charge in [-0.1, -0.05) is 23.7 Å². The quantitative estimate of drug-likeness (QED) is 0.733. The molecule has 3 nitrogen and oxygen atoms in total. The topological polar surface area (TPSA) is 44.9 Å². The standard InChI is InChI=1S/C18H16ClFN2O/c19-14-3-1-2-12(8-14)9-18(23)21-7-6-13-11-22-17-10-15(20)4-5-16(13)17/h1-5,8,10-11,22H,6-7,9H2,(H,21,23). The number of benzene rings is 2. The highest BCUT2D eigenvalue weighted by atomic mass is 35.5. The Morgan fingerprint density at radius 2 is 2.09 bits per heavy atom. The van der Waals surface area contributed by atoms with Crippen LogP contribution in [0.5, 0.6) is 0 Å². The van der Waals surface area contributed by atoms with Gasteiger partial charge in [0.05, 0.1) is 6.42 Å². The fourth-order valence-electron chi connectivity index (χ4n) is 2.60. The number of hydrogen-bond acceptors (Lipinski definition) is 1. The van der Waals surface area contributed by atoms with Crippen LogP contribution in [0, 0.1) is 5.82 Å². The molecule has 3 rings (SSSR count). The normalized spacial score (nSPS) is 10.9. The lowest BCUT2D eigenvalue weighted by Crippen LogP contribution is -2.27. The molecule has 0 atom stereocenters. The van der Waals surface area contributed by atoms with Crippen molar-refractivity contribution in [2.45, 2.75) is 12.8 Å². The molecule has 2 aromatic carbocycles. The molecular weight excluding hydrogens is 315 g/mol. The summed E-state index contributed by atoms with van der Waals surface area (Å²) in [6.07, 6.45) is 2.85. The van der Waals surface area contributed by atoms with Crippen molar-refractivity contribution in [2.75, 3.05) is 6.54 Å². The summed E-state index contributed by atoms with van der Waals surface area (Å²) >= 11 is 5.90. The van der Waals surface area contributed by atoms with E-state index in [-0.39, 0.29) is 11.7 Å². The molecule has 0 fully saturated rings. The van der Waals surface area contributed by atoms with E-state index in [0.29, 0.717) is 24.4 Å². The predicted molar refractivity (Wildman–Crippen MR) is 90.1 cm³/mol. The summed E-state index contributed by atoms with van der Waals surface area (Å²) in [6, 6.07) is 11.9. The molecule has 5 heteroatoms. The van der Waals surface area contributed by atoms with Crippen molar-refractivity contribution in [1.82, 2.24) is 10.3 Å². The van der Waals surface area contributed by atoms with Crippen LogP contribution >= 0.6 is 11.6 Å². The number of H-pyrrole nitrogens is 1. The van der Waals surface area contributed by atoms with Crippen LogP contribution in [0.15, 0.2) is 48.7 Å². The van der Waals surface area contributed by atoms with Crippen LogP contribution in [0.25, 0.3) is 10.9 Å². The zero-order valence-electron chi connectivity index (χ0n) is 12.4. The number of nitrogens with one attached hydrogen (secondary N) is 2. The second-order valence-corrected chi connectivity index (χ2v) is 5.85. The van der Waals surface area contributed by atoms with Crippen LogP contribution < -0.4 is 5.32 Å². The van der Waals surface area contributed by atoms with Crippen molar-refractivity contribution < 1.29 is 9.18 Å². The van der Waals surface area contributed by atoms with Crippen LogP contribution in [-0.2, 0) is 17.6 Å². The summed E-state index contributed by atoms with van der Waals surface area (Å²) in [6.45, 7) is 0.531. The van der Waals surface area contributed by atoms with Gasteiger partial charge in [-0.05, 0) is 47.9 Å². The average molecular weight is 331 g/mol. The highest BCUT2D eigenvalue weighted by Gasteiger charge is 2.07. The van der Waals surface area contributed by atoms with Crippen molar-refractivity contribution in [3.05, 3.63) is 70.6 Å². The van der Waals surface area contributed by atoms with E-state index in [2.05, 4.69) is 10.3 Å². The van der Waals surface area contributed by atoms with E-state index >= 15 is 0 Å². The first-order chi connectivity index (χ1) is 11.1. The van der Waals surface area contributed by atoms with E-state index in [9.17, 15) is 9.18 Å². The zero-order chi connectivity index (χ0) is 16.2. The smallest absolute Gasteiger partial charge is 0.224 e. The third-order valence-electron chi connectivity index (χ3n) is 3.70. The summed E-state index contributed by atoms with van der Waals surface area (Å²) in [7, 11) is 0. The fourth-order valence-corrected chi connectivity index (χ4v) is 2.81. The summed E-state index contributed by atoms with van der Waals surface area (Å²) in [4.78, 5) is 15.0. The first-order valence-electron chi connectivity index (χ1n) is 7.38. The van der Waals surface area contributed by atoms with E-state index in [1.54, 1.807) is 18.2 Å². The number of carbonyl (C=O) groups excluding carboxylic acids is 1. The van der Waals surface area contributed by atoms with Crippen molar-refractivity contribution in [3.8, 4) is 0 Å². The summed E-state index contributed by atoms with van der Waals surface area (Å²) in [5.74, 6) is -0.307. The molecule has 1 amide bonds. The van der Waals surface area contributed by atoms with Crippen molar-refractivity contribution in [3.63, 3.8) is 0 Å². The Labute approximate surface area is 138 Å². The van der Waals surface area contributed by atoms with Crippen molar-refractivity contribution in [2.24, 2.45) is 0 Å². The molecule has 0 bridgehead atoms. The highest BCUT2D eigenvalue weighted by Crippen LogP contribution is 2.19. The molecule has 0 aliphatic carbocycles. The lowest BCUT2D eigenvalue weighted by molar-refractivity contribution is -0.120. The van der Waals surface area contributed by atoms with Gasteiger partial charge in [0.25, 0.3) is 0 Å². The Morgan fingerprint density at radius 1 is 1.22 bits per heavy atom. The third-order valence-corrected chi connectivity index (χ3v) is 3.93. The lowest BCUT2D eigenvalue weighted by atomic mass is 10.1. The molecule has 118 valence electrons. The molecule has 3 aromatic rings. The summed E-state index contributed by atoms with van der Waals surface area (Å²) < 4.78 is 13.2. The molecule has 0 aliphatic rings. The van der Waals surface area contributed by atoms with Crippen LogP contribution in [0.4, 0.5) is 4.39 Å². The minimum absolute atomic E-state index is 0.0434. The predicted octanol–water partition coefficient (Wildman–Crippen LogP) is 3.86. The molecule has 1 aromatic heterocycles. The second-order valence-electron chi connectivity index (χ2n) is 5.41. The Hall–Kier alpha value is -2.33. The van der Waals surface area contributed by atoms with Gasteiger partial charge in [0.15, 0.2) is 0 Å². The van der Waals surface area contributed by atoms with Gasteiger partial charge < -0.3 is 10.3 Å². The van der Waals surface area contributed by atoms with Gasteiger partial charge in [-0.25, -0.2) is 4.39 Å². The molecule has 0 radical (unpaired) electrons. The number of aromatic nitrogens is 1. The van der Waals surface area contributed by atoms with Crippen LogP contribution in [0.2, 0.25) is 5.02 Å². The molecule has 1 heterocycles. The van der Waals surface area contributed by atoms with Gasteiger partial charge in [0.2, 0.25) is 5.91 Å². The van der Waals surface area contributed by atoms with Crippen molar-refractivity contribution in [1.29, 1.82) is 0 Å². The number of halogens is 2. The van der Waals surface area contributed by atoms with Crippen molar-refractivity contribution >= 4 is 28.4 Å². The number of hydrogen-bond donors (Lipinski definition) is 2. The number of amides is 1. The van der Waals surface area contributed by atoms with E-state index in [4.69, 9.17) is 11.6 Å². The SMILES string of the molecule is O=C(Cc1cccc(Cl)c1)NCCc1c[nH]c2cc(F)ccc12. The minimum Gasteiger partial charge on any atom is -0.361 e. The minimum atomic E-state index is -0.263. The zero-order valence-corrected chi connectivity index (χ0v) is 13.2. The van der Waals surface area contributed by atoms with Crippen LogP contribution in [0.1, 0.15) is 11.1 Å². The monoisotopic (exact) mass is 330 g/mol. The third kappa shape index (κ3) is 3.90. The van der Waals surface area contributed by atoms with Crippen LogP contribution in [0.3, 0.4) is 0 Å². The lowest BCUT2D eigenvalue weighted by Gasteiger charge is -2.05. The number of fused-ring (bicyclic) bond motifs is 1. The molecule has 23 heavy (non-hydrogen) atoms. The van der Waals surface area contributed by atoms with Crippen LogP contribution in [-0.4, -0.2) is 17.4 Å². The molecular formula is C18H16ClFN2O. The largest absolute Gasteiger partial charge is 0.361 e. The van der Waals surface area contributed by atoms with Gasteiger partial charge in [-0.2, -0.15) is 0 Å². The van der Waals surface area contributed by atoms with E-state index < -0.39 is 0 Å². The first-order valence-corrected chi connectivity index (χ1v) is 7.76. The molecule has 0 aliphatic heterocycles. The van der Waals surface area contributed by atoms with E-state index in [0.717, 1.165) is 22.0 Å². The molecule has 0 unspecified atom stereocenters. The van der Waals surface area contributed by atoms with Gasteiger partial charge in [-0.3, -0.25) is 4.79 Å². The maximum absolute atomic E-state index is 13.2. The second kappa shape index (κ2) is 6.84. The Bertz CT molecular complexity index is 844. The Kier molecular flexibility index (Phi) is 4.63. The molecule has 0 spiro atoms. The van der Waals surface area contributed by atoms with E-state index in [1.807, 2.05) is 18.3 Å².